The van der Waals surface area contributed by atoms with E-state index in [0.717, 1.165) is 0 Å². The second kappa shape index (κ2) is 7.41. The summed E-state index contributed by atoms with van der Waals surface area (Å²) < 4.78 is 23.3. The average molecular weight is 420 g/mol. The molecule has 1 saturated heterocycles. The molecule has 8 nitrogen and oxygen atoms in total. The Kier molecular flexibility index (Phi) is 5.16. The molecule has 4 aliphatic rings. The van der Waals surface area contributed by atoms with Crippen LogP contribution in [-0.2, 0) is 33.3 Å². The Morgan fingerprint density at radius 2 is 2.13 bits per heavy atom. The highest BCUT2D eigenvalue weighted by molar-refractivity contribution is 5.91. The Hall–Kier alpha value is -2.35. The Morgan fingerprint density at radius 3 is 2.77 bits per heavy atom. The molecule has 0 aromatic carbocycles. The van der Waals surface area contributed by atoms with Crippen molar-refractivity contribution in [2.45, 2.75) is 63.9 Å². The zero-order chi connectivity index (χ0) is 21.8. The maximum atomic E-state index is 12.7. The summed E-state index contributed by atoms with van der Waals surface area (Å²) in [4.78, 5) is 37.2. The molecule has 2 aliphatic heterocycles. The van der Waals surface area contributed by atoms with Gasteiger partial charge in [-0.2, -0.15) is 0 Å². The van der Waals surface area contributed by atoms with Gasteiger partial charge in [-0.3, -0.25) is 9.59 Å². The standard InChI is InChI=1S/C22H28O8/c1-5-10(2)20(25)30-19-15-11(3)21(26)29-18(15)16-13-6-7-22(16,9-23)27-8-14(13)17(19)28-12(4)24/h8,10,13,15-19,23H,3,5-7,9H2,1-2,4H3/t10?,13?,15-,16?,17-,18-,19-,22-/m0/s1. The van der Waals surface area contributed by atoms with Crippen LogP contribution in [0.15, 0.2) is 24.0 Å². The van der Waals surface area contributed by atoms with Gasteiger partial charge in [-0.25, -0.2) is 4.79 Å². The molecular weight excluding hydrogens is 392 g/mol. The van der Waals surface area contributed by atoms with E-state index in [9.17, 15) is 19.5 Å². The Labute approximate surface area is 175 Å². The van der Waals surface area contributed by atoms with Crippen LogP contribution in [-0.4, -0.2) is 53.5 Å². The van der Waals surface area contributed by atoms with Gasteiger partial charge in [-0.1, -0.05) is 20.4 Å². The van der Waals surface area contributed by atoms with Gasteiger partial charge < -0.3 is 24.1 Å². The Bertz CT molecular complexity index is 816. The van der Waals surface area contributed by atoms with Gasteiger partial charge in [0.2, 0.25) is 0 Å². The number of aliphatic hydroxyl groups excluding tert-OH is 1. The second-order valence-corrected chi connectivity index (χ2v) is 8.79. The van der Waals surface area contributed by atoms with E-state index in [4.69, 9.17) is 18.9 Å². The first-order valence-corrected chi connectivity index (χ1v) is 10.5. The second-order valence-electron chi connectivity index (χ2n) is 8.79. The quantitative estimate of drug-likeness (QED) is 0.406. The third-order valence-corrected chi connectivity index (χ3v) is 7.20. The fraction of sp³-hybridized carbons (Fsp3) is 0.682. The van der Waals surface area contributed by atoms with Crippen molar-refractivity contribution in [3.05, 3.63) is 24.0 Å². The number of carbonyl (C=O) groups excluding carboxylic acids is 3. The Morgan fingerprint density at radius 1 is 1.40 bits per heavy atom. The molecule has 4 rings (SSSR count). The summed E-state index contributed by atoms with van der Waals surface area (Å²) in [5.41, 5.74) is -0.0185. The maximum absolute atomic E-state index is 12.7. The van der Waals surface area contributed by atoms with Gasteiger partial charge in [0.1, 0.15) is 11.7 Å². The molecule has 1 N–H and O–H groups in total. The summed E-state index contributed by atoms with van der Waals surface area (Å²) in [6.07, 6.45) is 0.800. The van der Waals surface area contributed by atoms with Gasteiger partial charge in [0, 0.05) is 24.0 Å². The first kappa shape index (κ1) is 20.9. The Balaban J connectivity index is 1.84. The average Bonchev–Trinajstić information content (AvgIpc) is 3.13. The molecule has 4 bridgehead atoms. The molecule has 0 aromatic rings. The van der Waals surface area contributed by atoms with E-state index in [1.54, 1.807) is 6.92 Å². The van der Waals surface area contributed by atoms with Crippen molar-refractivity contribution in [3.8, 4) is 0 Å². The molecule has 2 heterocycles. The van der Waals surface area contributed by atoms with E-state index in [1.807, 2.05) is 6.92 Å². The van der Waals surface area contributed by atoms with Crippen LogP contribution >= 0.6 is 0 Å². The lowest BCUT2D eigenvalue weighted by Crippen LogP contribution is -2.50. The zero-order valence-corrected chi connectivity index (χ0v) is 17.5. The van der Waals surface area contributed by atoms with E-state index in [2.05, 4.69) is 6.58 Å². The third kappa shape index (κ3) is 2.95. The van der Waals surface area contributed by atoms with Crippen LogP contribution in [0.1, 0.15) is 40.0 Å². The van der Waals surface area contributed by atoms with Crippen LogP contribution in [0.3, 0.4) is 0 Å². The number of ether oxygens (including phenoxy) is 4. The van der Waals surface area contributed by atoms with Crippen LogP contribution in [0.25, 0.3) is 0 Å². The summed E-state index contributed by atoms with van der Waals surface area (Å²) in [6, 6.07) is 0. The van der Waals surface area contributed by atoms with Crippen LogP contribution in [0.2, 0.25) is 0 Å². The number of hydrogen-bond acceptors (Lipinski definition) is 8. The highest BCUT2D eigenvalue weighted by Crippen LogP contribution is 2.59. The molecule has 8 heteroatoms. The lowest BCUT2D eigenvalue weighted by atomic mass is 9.75. The topological polar surface area (TPSA) is 108 Å². The van der Waals surface area contributed by atoms with Crippen molar-refractivity contribution >= 4 is 17.9 Å². The third-order valence-electron chi connectivity index (χ3n) is 7.20. The highest BCUT2D eigenvalue weighted by atomic mass is 16.6. The first-order valence-electron chi connectivity index (χ1n) is 10.5. The van der Waals surface area contributed by atoms with Crippen molar-refractivity contribution in [2.24, 2.45) is 23.7 Å². The lowest BCUT2D eigenvalue weighted by molar-refractivity contribution is -0.172. The summed E-state index contributed by atoms with van der Waals surface area (Å²) in [7, 11) is 0. The number of fused-ring (bicyclic) bond motifs is 1. The zero-order valence-electron chi connectivity index (χ0n) is 17.5. The number of hydrogen-bond donors (Lipinski definition) is 1. The number of esters is 3. The predicted molar refractivity (Wildman–Crippen MR) is 103 cm³/mol. The van der Waals surface area contributed by atoms with Gasteiger partial charge in [0.05, 0.1) is 24.7 Å². The summed E-state index contributed by atoms with van der Waals surface area (Å²) in [6.45, 7) is 8.58. The molecule has 3 fully saturated rings. The van der Waals surface area contributed by atoms with Gasteiger partial charge in [-0.05, 0) is 25.2 Å². The van der Waals surface area contributed by atoms with Crippen molar-refractivity contribution in [1.29, 1.82) is 0 Å². The minimum atomic E-state index is -0.964. The van der Waals surface area contributed by atoms with Gasteiger partial charge in [0.15, 0.2) is 12.2 Å². The lowest BCUT2D eigenvalue weighted by Gasteiger charge is -2.41. The van der Waals surface area contributed by atoms with E-state index in [1.165, 1.54) is 13.2 Å². The van der Waals surface area contributed by atoms with Crippen LogP contribution in [0.5, 0.6) is 0 Å². The molecule has 0 amide bonds. The number of aliphatic hydroxyl groups is 1. The molecule has 3 unspecified atom stereocenters. The minimum absolute atomic E-state index is 0.131. The first-order chi connectivity index (χ1) is 14.2. The van der Waals surface area contributed by atoms with Gasteiger partial charge >= 0.3 is 17.9 Å². The van der Waals surface area contributed by atoms with E-state index in [0.29, 0.717) is 24.8 Å². The van der Waals surface area contributed by atoms with Crippen molar-refractivity contribution in [2.75, 3.05) is 6.61 Å². The largest absolute Gasteiger partial charge is 0.492 e. The van der Waals surface area contributed by atoms with Crippen molar-refractivity contribution in [3.63, 3.8) is 0 Å². The molecule has 0 radical (unpaired) electrons. The summed E-state index contributed by atoms with van der Waals surface area (Å²) in [5, 5.41) is 10.2. The molecule has 2 aliphatic carbocycles. The van der Waals surface area contributed by atoms with Gasteiger partial charge in [0.25, 0.3) is 0 Å². The molecule has 0 spiro atoms. The molecule has 8 atom stereocenters. The maximum Gasteiger partial charge on any atom is 0.334 e. The minimum Gasteiger partial charge on any atom is -0.492 e. The van der Waals surface area contributed by atoms with Crippen LogP contribution in [0.4, 0.5) is 0 Å². The van der Waals surface area contributed by atoms with E-state index < -0.39 is 47.7 Å². The monoisotopic (exact) mass is 420 g/mol. The van der Waals surface area contributed by atoms with E-state index in [-0.39, 0.29) is 29.9 Å². The molecule has 2 saturated carbocycles. The summed E-state index contributed by atoms with van der Waals surface area (Å²) in [5.74, 6) is -3.07. The van der Waals surface area contributed by atoms with E-state index >= 15 is 0 Å². The molecule has 164 valence electrons. The molecular formula is C22H28O8. The van der Waals surface area contributed by atoms with Gasteiger partial charge in [-0.15, -0.1) is 0 Å². The van der Waals surface area contributed by atoms with Crippen LogP contribution in [0, 0.1) is 23.7 Å². The summed E-state index contributed by atoms with van der Waals surface area (Å²) >= 11 is 0. The highest BCUT2D eigenvalue weighted by Gasteiger charge is 2.67. The molecule has 30 heavy (non-hydrogen) atoms. The predicted octanol–water partition coefficient (Wildman–Crippen LogP) is 1.66. The fourth-order valence-electron chi connectivity index (χ4n) is 5.46. The number of rotatable bonds is 5. The smallest absolute Gasteiger partial charge is 0.334 e. The van der Waals surface area contributed by atoms with Crippen molar-refractivity contribution < 1.29 is 38.4 Å². The normalized spacial score (nSPS) is 39.8. The van der Waals surface area contributed by atoms with Crippen molar-refractivity contribution in [1.82, 2.24) is 0 Å². The number of carbonyl (C=O) groups is 3. The SMILES string of the molecule is C=C1C(=O)O[C@@H]2C3C4CC[C@@]3(CO)OC=C4[C@H](OC(C)=O)[C@@H](OC(=O)C(C)CC)[C@@H]12. The molecule has 0 aromatic heterocycles. The van der Waals surface area contributed by atoms with Crippen LogP contribution < -0.4 is 0 Å². The fourth-order valence-corrected chi connectivity index (χ4v) is 5.46.